The largest absolute Gasteiger partial charge is 0.507 e. The summed E-state index contributed by atoms with van der Waals surface area (Å²) in [4.78, 5) is 12.3. The third-order valence-electron chi connectivity index (χ3n) is 2.91. The van der Waals surface area contributed by atoms with Crippen LogP contribution in [-0.2, 0) is 0 Å². The van der Waals surface area contributed by atoms with Gasteiger partial charge in [-0.2, -0.15) is 0 Å². The maximum atomic E-state index is 12.3. The molecule has 92 valence electrons. The number of benzene rings is 2. The lowest BCUT2D eigenvalue weighted by Crippen LogP contribution is -2.04. The summed E-state index contributed by atoms with van der Waals surface area (Å²) in [5, 5.41) is 10.3. The summed E-state index contributed by atoms with van der Waals surface area (Å²) in [5.41, 5.74) is 2.53. The second kappa shape index (κ2) is 4.83. The van der Waals surface area contributed by atoms with Crippen molar-refractivity contribution in [2.75, 3.05) is 0 Å². The van der Waals surface area contributed by atoms with Gasteiger partial charge in [-0.05, 0) is 37.1 Å². The smallest absolute Gasteiger partial charge is 0.197 e. The monoisotopic (exact) mass is 260 g/mol. The maximum Gasteiger partial charge on any atom is 0.197 e. The first-order valence-electron chi connectivity index (χ1n) is 5.60. The van der Waals surface area contributed by atoms with Crippen molar-refractivity contribution in [3.63, 3.8) is 0 Å². The van der Waals surface area contributed by atoms with Crippen molar-refractivity contribution in [1.82, 2.24) is 0 Å². The number of phenolic OH excluding ortho intramolecular Hbond substituents is 1. The van der Waals surface area contributed by atoms with Gasteiger partial charge in [0.25, 0.3) is 0 Å². The molecule has 0 spiro atoms. The average molecular weight is 261 g/mol. The van der Waals surface area contributed by atoms with Crippen molar-refractivity contribution < 1.29 is 9.90 Å². The molecule has 0 aliphatic carbocycles. The average Bonchev–Trinajstić information content (AvgIpc) is 2.33. The van der Waals surface area contributed by atoms with Crippen molar-refractivity contribution in [2.45, 2.75) is 13.8 Å². The van der Waals surface area contributed by atoms with Gasteiger partial charge in [-0.3, -0.25) is 4.79 Å². The van der Waals surface area contributed by atoms with Crippen LogP contribution in [0.5, 0.6) is 5.75 Å². The minimum absolute atomic E-state index is 0.0844. The molecule has 0 bridgehead atoms. The highest BCUT2D eigenvalue weighted by Crippen LogP contribution is 2.28. The van der Waals surface area contributed by atoms with Crippen LogP contribution in [0.3, 0.4) is 0 Å². The van der Waals surface area contributed by atoms with E-state index >= 15 is 0 Å². The highest BCUT2D eigenvalue weighted by atomic mass is 35.5. The molecule has 0 saturated carbocycles. The second-order valence-electron chi connectivity index (χ2n) is 4.26. The molecule has 2 nitrogen and oxygen atoms in total. The minimum atomic E-state index is -0.189. The molecule has 18 heavy (non-hydrogen) atoms. The number of hydrogen-bond acceptors (Lipinski definition) is 2. The Bertz CT molecular complexity index is 618. The molecule has 0 radical (unpaired) electrons. The van der Waals surface area contributed by atoms with E-state index in [1.165, 1.54) is 6.07 Å². The molecule has 2 aromatic carbocycles. The zero-order valence-corrected chi connectivity index (χ0v) is 11.0. The van der Waals surface area contributed by atoms with Crippen molar-refractivity contribution in [3.05, 3.63) is 63.7 Å². The SMILES string of the molecule is Cc1cc(C(=O)c2ccccc2C)c(O)cc1Cl. The first-order chi connectivity index (χ1) is 8.50. The van der Waals surface area contributed by atoms with Crippen LogP contribution in [0, 0.1) is 13.8 Å². The van der Waals surface area contributed by atoms with Crippen molar-refractivity contribution >= 4 is 17.4 Å². The standard InChI is InChI=1S/C15H13ClO2/c1-9-5-3-4-6-11(9)15(18)12-7-10(2)13(16)8-14(12)17/h3-8,17H,1-2H3. The lowest BCUT2D eigenvalue weighted by atomic mass is 9.97. The topological polar surface area (TPSA) is 37.3 Å². The Morgan fingerprint density at radius 3 is 2.39 bits per heavy atom. The summed E-state index contributed by atoms with van der Waals surface area (Å²) >= 11 is 5.90. The molecule has 0 aliphatic rings. The van der Waals surface area contributed by atoms with E-state index in [0.29, 0.717) is 10.6 Å². The van der Waals surface area contributed by atoms with E-state index in [1.807, 2.05) is 19.1 Å². The predicted octanol–water partition coefficient (Wildman–Crippen LogP) is 3.89. The number of hydrogen-bond donors (Lipinski definition) is 1. The van der Waals surface area contributed by atoms with Crippen molar-refractivity contribution in [2.24, 2.45) is 0 Å². The lowest BCUT2D eigenvalue weighted by molar-refractivity contribution is 0.103. The predicted molar refractivity (Wildman–Crippen MR) is 72.5 cm³/mol. The van der Waals surface area contributed by atoms with Crippen LogP contribution < -0.4 is 0 Å². The van der Waals surface area contributed by atoms with Crippen molar-refractivity contribution in [3.8, 4) is 5.75 Å². The second-order valence-corrected chi connectivity index (χ2v) is 4.67. The van der Waals surface area contributed by atoms with E-state index in [9.17, 15) is 9.90 Å². The van der Waals surface area contributed by atoms with Gasteiger partial charge in [-0.15, -0.1) is 0 Å². The summed E-state index contributed by atoms with van der Waals surface area (Å²) in [6.45, 7) is 3.67. The zero-order chi connectivity index (χ0) is 13.3. The molecule has 0 atom stereocenters. The summed E-state index contributed by atoms with van der Waals surface area (Å²) in [5.74, 6) is -0.274. The molecule has 0 amide bonds. The summed E-state index contributed by atoms with van der Waals surface area (Å²) in [6, 6.07) is 10.3. The zero-order valence-electron chi connectivity index (χ0n) is 10.2. The van der Waals surface area contributed by atoms with Crippen LogP contribution in [0.4, 0.5) is 0 Å². The van der Waals surface area contributed by atoms with E-state index in [0.717, 1.165) is 11.1 Å². The quantitative estimate of drug-likeness (QED) is 0.832. The lowest BCUT2D eigenvalue weighted by Gasteiger charge is -2.08. The summed E-state index contributed by atoms with van der Waals surface area (Å²) < 4.78 is 0. The molecular weight excluding hydrogens is 248 g/mol. The fraction of sp³-hybridized carbons (Fsp3) is 0.133. The number of rotatable bonds is 2. The maximum absolute atomic E-state index is 12.3. The van der Waals surface area contributed by atoms with Gasteiger partial charge >= 0.3 is 0 Å². The van der Waals surface area contributed by atoms with Gasteiger partial charge in [0.2, 0.25) is 0 Å². The first kappa shape index (κ1) is 12.7. The Hall–Kier alpha value is -1.80. The van der Waals surface area contributed by atoms with E-state index < -0.39 is 0 Å². The van der Waals surface area contributed by atoms with Crippen LogP contribution in [0.1, 0.15) is 27.0 Å². The van der Waals surface area contributed by atoms with Crippen LogP contribution in [-0.4, -0.2) is 10.9 Å². The molecule has 0 saturated heterocycles. The van der Waals surface area contributed by atoms with Crippen LogP contribution in [0.2, 0.25) is 5.02 Å². The van der Waals surface area contributed by atoms with Gasteiger partial charge in [-0.25, -0.2) is 0 Å². The van der Waals surface area contributed by atoms with Crippen LogP contribution in [0.15, 0.2) is 36.4 Å². The molecule has 3 heteroatoms. The van der Waals surface area contributed by atoms with Crippen LogP contribution in [0.25, 0.3) is 0 Å². The Balaban J connectivity index is 2.53. The Kier molecular flexibility index (Phi) is 3.39. The van der Waals surface area contributed by atoms with Gasteiger partial charge in [0.1, 0.15) is 5.75 Å². The van der Waals surface area contributed by atoms with E-state index in [2.05, 4.69) is 0 Å². The van der Waals surface area contributed by atoms with E-state index in [-0.39, 0.29) is 17.1 Å². The van der Waals surface area contributed by atoms with Gasteiger partial charge in [0, 0.05) is 10.6 Å². The van der Waals surface area contributed by atoms with Gasteiger partial charge in [0.15, 0.2) is 5.78 Å². The fourth-order valence-corrected chi connectivity index (χ4v) is 1.98. The van der Waals surface area contributed by atoms with Crippen molar-refractivity contribution in [1.29, 1.82) is 0 Å². The molecule has 2 rings (SSSR count). The minimum Gasteiger partial charge on any atom is -0.507 e. The summed E-state index contributed by atoms with van der Waals surface area (Å²) in [7, 11) is 0. The third kappa shape index (κ3) is 2.24. The Morgan fingerprint density at radius 1 is 1.06 bits per heavy atom. The number of carbonyl (C=O) groups excluding carboxylic acids is 1. The number of ketones is 1. The molecule has 0 heterocycles. The number of aryl methyl sites for hydroxylation is 2. The normalized spacial score (nSPS) is 10.4. The Morgan fingerprint density at radius 2 is 1.72 bits per heavy atom. The molecule has 0 fully saturated rings. The van der Waals surface area contributed by atoms with Gasteiger partial charge in [0.05, 0.1) is 5.56 Å². The molecule has 0 unspecified atom stereocenters. The molecule has 0 aromatic heterocycles. The molecule has 2 aromatic rings. The summed E-state index contributed by atoms with van der Waals surface area (Å²) in [6.07, 6.45) is 0. The van der Waals surface area contributed by atoms with Crippen LogP contribution >= 0.6 is 11.6 Å². The number of halogens is 1. The highest BCUT2D eigenvalue weighted by molar-refractivity contribution is 6.31. The number of phenols is 1. The molecule has 1 N–H and O–H groups in total. The highest BCUT2D eigenvalue weighted by Gasteiger charge is 2.16. The van der Waals surface area contributed by atoms with E-state index in [1.54, 1.807) is 25.1 Å². The van der Waals surface area contributed by atoms with E-state index in [4.69, 9.17) is 11.6 Å². The number of aromatic hydroxyl groups is 1. The van der Waals surface area contributed by atoms with Gasteiger partial charge < -0.3 is 5.11 Å². The number of carbonyl (C=O) groups is 1. The van der Waals surface area contributed by atoms with Gasteiger partial charge in [-0.1, -0.05) is 35.9 Å². The first-order valence-corrected chi connectivity index (χ1v) is 5.98. The molecular formula is C15H13ClO2. The fourth-order valence-electron chi connectivity index (χ4n) is 1.83. The third-order valence-corrected chi connectivity index (χ3v) is 3.32. The Labute approximate surface area is 111 Å². The molecule has 0 aliphatic heterocycles.